The molecule has 5 nitrogen and oxygen atoms in total. The number of carbonyl (C=O) groups is 2. The van der Waals surface area contributed by atoms with Gasteiger partial charge in [0.15, 0.2) is 5.78 Å². The minimum Gasteiger partial charge on any atom is -0.366 e. The van der Waals surface area contributed by atoms with Gasteiger partial charge in [-0.2, -0.15) is 0 Å². The molecule has 3 rings (SSSR count). The van der Waals surface area contributed by atoms with E-state index in [2.05, 4.69) is 10.3 Å². The SMILES string of the molecule is Cc1nc(C(=O)[CH][C@H]2CCCCN2)c(-c2ccc(C(N)=O)cc2)s1. The van der Waals surface area contributed by atoms with E-state index in [0.29, 0.717) is 11.3 Å². The molecule has 1 fully saturated rings. The number of ketones is 1. The van der Waals surface area contributed by atoms with Gasteiger partial charge in [0.1, 0.15) is 5.69 Å². The molecule has 1 aromatic heterocycles. The summed E-state index contributed by atoms with van der Waals surface area (Å²) in [6.45, 7) is 2.84. The number of nitrogens with one attached hydrogen (secondary N) is 1. The Balaban J connectivity index is 1.84. The minimum absolute atomic E-state index is 0.0484. The summed E-state index contributed by atoms with van der Waals surface area (Å²) < 4.78 is 0. The lowest BCUT2D eigenvalue weighted by atomic mass is 9.98. The Morgan fingerprint density at radius 1 is 1.29 bits per heavy atom. The average molecular weight is 342 g/mol. The van der Waals surface area contributed by atoms with Crippen LogP contribution in [0.1, 0.15) is 45.1 Å². The lowest BCUT2D eigenvalue weighted by Crippen LogP contribution is -2.36. The van der Waals surface area contributed by atoms with Gasteiger partial charge in [0.05, 0.1) is 16.3 Å². The highest BCUT2D eigenvalue weighted by Crippen LogP contribution is 2.31. The quantitative estimate of drug-likeness (QED) is 0.818. The third-order valence-electron chi connectivity index (χ3n) is 4.10. The first kappa shape index (κ1) is 16.8. The van der Waals surface area contributed by atoms with Gasteiger partial charge in [-0.1, -0.05) is 18.6 Å². The molecule has 1 aliphatic heterocycles. The van der Waals surface area contributed by atoms with E-state index >= 15 is 0 Å². The van der Waals surface area contributed by atoms with Gasteiger partial charge in [0.25, 0.3) is 0 Å². The van der Waals surface area contributed by atoms with E-state index in [-0.39, 0.29) is 11.8 Å². The fourth-order valence-corrected chi connectivity index (χ4v) is 3.79. The normalized spacial score (nSPS) is 17.6. The zero-order valence-corrected chi connectivity index (χ0v) is 14.4. The Kier molecular flexibility index (Phi) is 5.06. The van der Waals surface area contributed by atoms with Crippen molar-refractivity contribution in [3.63, 3.8) is 0 Å². The van der Waals surface area contributed by atoms with Crippen molar-refractivity contribution in [1.29, 1.82) is 0 Å². The summed E-state index contributed by atoms with van der Waals surface area (Å²) in [5, 5.41) is 4.20. The fourth-order valence-electron chi connectivity index (χ4n) is 2.86. The van der Waals surface area contributed by atoms with Crippen LogP contribution in [0.2, 0.25) is 0 Å². The second-order valence-electron chi connectivity index (χ2n) is 5.94. The van der Waals surface area contributed by atoms with Crippen molar-refractivity contribution in [2.45, 2.75) is 32.2 Å². The van der Waals surface area contributed by atoms with Crippen molar-refractivity contribution in [3.8, 4) is 10.4 Å². The van der Waals surface area contributed by atoms with Crippen LogP contribution < -0.4 is 11.1 Å². The largest absolute Gasteiger partial charge is 0.366 e. The lowest BCUT2D eigenvalue weighted by molar-refractivity contribution is 0.0995. The number of rotatable bonds is 5. The van der Waals surface area contributed by atoms with Gasteiger partial charge < -0.3 is 11.1 Å². The lowest BCUT2D eigenvalue weighted by Gasteiger charge is -2.22. The molecule has 2 aromatic rings. The molecular formula is C18H20N3O2S. The van der Waals surface area contributed by atoms with E-state index in [1.54, 1.807) is 18.6 Å². The molecule has 1 radical (unpaired) electrons. The van der Waals surface area contributed by atoms with Crippen molar-refractivity contribution in [3.05, 3.63) is 47.0 Å². The Bertz CT molecular complexity index is 746. The maximum Gasteiger partial charge on any atom is 0.248 e. The molecule has 2 heterocycles. The van der Waals surface area contributed by atoms with E-state index in [9.17, 15) is 9.59 Å². The second-order valence-corrected chi connectivity index (χ2v) is 7.14. The minimum atomic E-state index is -0.463. The molecule has 1 aliphatic rings. The topological polar surface area (TPSA) is 85.1 Å². The number of piperidine rings is 1. The molecule has 24 heavy (non-hydrogen) atoms. The van der Waals surface area contributed by atoms with Crippen molar-refractivity contribution in [1.82, 2.24) is 10.3 Å². The van der Waals surface area contributed by atoms with Crippen LogP contribution in [-0.4, -0.2) is 29.3 Å². The monoisotopic (exact) mass is 342 g/mol. The summed E-state index contributed by atoms with van der Waals surface area (Å²) in [4.78, 5) is 29.1. The molecule has 1 atom stereocenters. The van der Waals surface area contributed by atoms with Crippen LogP contribution >= 0.6 is 11.3 Å². The third-order valence-corrected chi connectivity index (χ3v) is 5.12. The predicted octanol–water partition coefficient (Wildman–Crippen LogP) is 2.75. The molecule has 0 aliphatic carbocycles. The van der Waals surface area contributed by atoms with Crippen LogP contribution in [0.15, 0.2) is 24.3 Å². The van der Waals surface area contributed by atoms with Crippen molar-refractivity contribution in [2.24, 2.45) is 5.73 Å². The molecule has 1 saturated heterocycles. The van der Waals surface area contributed by atoms with Gasteiger partial charge in [-0.3, -0.25) is 9.59 Å². The van der Waals surface area contributed by atoms with E-state index < -0.39 is 5.91 Å². The predicted molar refractivity (Wildman–Crippen MR) is 95.1 cm³/mol. The maximum atomic E-state index is 12.7. The molecule has 125 valence electrons. The van der Waals surface area contributed by atoms with Gasteiger partial charge in [0, 0.05) is 11.6 Å². The number of hydrogen-bond donors (Lipinski definition) is 2. The second kappa shape index (κ2) is 7.23. The summed E-state index contributed by atoms with van der Waals surface area (Å²) in [6.07, 6.45) is 5.03. The zero-order chi connectivity index (χ0) is 17.1. The summed E-state index contributed by atoms with van der Waals surface area (Å²) in [5.41, 5.74) is 7.08. The van der Waals surface area contributed by atoms with Gasteiger partial charge in [-0.15, -0.1) is 11.3 Å². The first-order chi connectivity index (χ1) is 11.5. The number of amides is 1. The third kappa shape index (κ3) is 3.71. The molecule has 0 saturated carbocycles. The van der Waals surface area contributed by atoms with Gasteiger partial charge >= 0.3 is 0 Å². The molecule has 0 unspecified atom stereocenters. The van der Waals surface area contributed by atoms with Crippen LogP contribution in [-0.2, 0) is 0 Å². The Morgan fingerprint density at radius 3 is 2.67 bits per heavy atom. The Morgan fingerprint density at radius 2 is 2.04 bits per heavy atom. The van der Waals surface area contributed by atoms with Gasteiger partial charge in [0.2, 0.25) is 5.91 Å². The standard InChI is InChI=1S/C18H20N3O2S/c1-11-21-16(15(22)10-14-4-2-3-9-20-14)17(24-11)12-5-7-13(8-6-12)18(19)23/h5-8,10,14,20H,2-4,9H2,1H3,(H2,19,23)/t14-/m1/s1. The molecule has 6 heteroatoms. The number of nitrogens with two attached hydrogens (primary N) is 1. The van der Waals surface area contributed by atoms with Crippen LogP contribution in [0.4, 0.5) is 0 Å². The number of nitrogens with zero attached hydrogens (tertiary/aromatic N) is 1. The number of aryl methyl sites for hydroxylation is 1. The number of Topliss-reactive ketones (excluding diaryl/α,β-unsaturated/α-hetero) is 1. The first-order valence-corrected chi connectivity index (χ1v) is 8.86. The first-order valence-electron chi connectivity index (χ1n) is 8.05. The molecule has 0 bridgehead atoms. The number of thiazole rings is 1. The van der Waals surface area contributed by atoms with Crippen LogP contribution in [0.25, 0.3) is 10.4 Å². The Hall–Kier alpha value is -2.05. The molecule has 1 amide bonds. The summed E-state index contributed by atoms with van der Waals surface area (Å²) >= 11 is 1.48. The maximum absolute atomic E-state index is 12.7. The number of benzene rings is 1. The zero-order valence-electron chi connectivity index (χ0n) is 13.5. The highest BCUT2D eigenvalue weighted by Gasteiger charge is 2.23. The average Bonchev–Trinajstić information content (AvgIpc) is 2.98. The molecule has 0 spiro atoms. The van der Waals surface area contributed by atoms with E-state index in [0.717, 1.165) is 41.3 Å². The molecule has 3 N–H and O–H groups in total. The summed E-state index contributed by atoms with van der Waals surface area (Å²) in [7, 11) is 0. The van der Waals surface area contributed by atoms with Crippen molar-refractivity contribution in [2.75, 3.05) is 6.54 Å². The highest BCUT2D eigenvalue weighted by atomic mass is 32.1. The van der Waals surface area contributed by atoms with E-state index in [4.69, 9.17) is 5.73 Å². The summed E-state index contributed by atoms with van der Waals surface area (Å²) in [5.74, 6) is -0.511. The van der Waals surface area contributed by atoms with Crippen molar-refractivity contribution >= 4 is 23.0 Å². The van der Waals surface area contributed by atoms with Crippen LogP contribution in [0, 0.1) is 13.3 Å². The number of carbonyl (C=O) groups excluding carboxylic acids is 2. The Labute approximate surface area is 145 Å². The number of aromatic nitrogens is 1. The molecular weight excluding hydrogens is 322 g/mol. The van der Waals surface area contributed by atoms with Crippen LogP contribution in [0.5, 0.6) is 0 Å². The molecule has 1 aromatic carbocycles. The van der Waals surface area contributed by atoms with Gasteiger partial charge in [-0.25, -0.2) is 4.98 Å². The number of primary amides is 1. The smallest absolute Gasteiger partial charge is 0.248 e. The van der Waals surface area contributed by atoms with Crippen LogP contribution in [0.3, 0.4) is 0 Å². The summed E-state index contributed by atoms with van der Waals surface area (Å²) in [6, 6.07) is 7.09. The van der Waals surface area contributed by atoms with E-state index in [1.165, 1.54) is 11.3 Å². The number of hydrogen-bond acceptors (Lipinski definition) is 5. The fraction of sp³-hybridized carbons (Fsp3) is 0.333. The highest BCUT2D eigenvalue weighted by molar-refractivity contribution is 7.15. The van der Waals surface area contributed by atoms with Gasteiger partial charge in [-0.05, 0) is 44.0 Å². The van der Waals surface area contributed by atoms with E-state index in [1.807, 2.05) is 19.1 Å². The van der Waals surface area contributed by atoms with Crippen molar-refractivity contribution < 1.29 is 9.59 Å².